The highest BCUT2D eigenvalue weighted by molar-refractivity contribution is 6.17. The number of allylic oxidation sites excluding steroid dienone is 1. The van der Waals surface area contributed by atoms with Crippen molar-refractivity contribution in [2.45, 2.75) is 13.3 Å². The summed E-state index contributed by atoms with van der Waals surface area (Å²) >= 11 is 5.41. The minimum atomic E-state index is 0.706. The number of hydrogen-bond donors (Lipinski definition) is 0. The Kier molecular flexibility index (Phi) is 4.21. The summed E-state index contributed by atoms with van der Waals surface area (Å²) in [7, 11) is 0. The molecule has 0 aliphatic carbocycles. The first-order valence-electron chi connectivity index (χ1n) is 2.32. The van der Waals surface area contributed by atoms with E-state index < -0.39 is 0 Å². The van der Waals surface area contributed by atoms with Crippen LogP contribution >= 0.6 is 11.6 Å². The summed E-state index contributed by atoms with van der Waals surface area (Å²) in [6.45, 7) is 5.61. The molecule has 0 fully saturated rings. The van der Waals surface area contributed by atoms with E-state index in [0.717, 1.165) is 6.42 Å². The van der Waals surface area contributed by atoms with E-state index in [0.29, 0.717) is 5.88 Å². The molecule has 0 rings (SSSR count). The molecule has 0 atom stereocenters. The van der Waals surface area contributed by atoms with Gasteiger partial charge in [0.25, 0.3) is 0 Å². The van der Waals surface area contributed by atoms with Crippen molar-refractivity contribution in [3.8, 4) is 0 Å². The molecule has 0 nitrogen and oxygen atoms in total. The van der Waals surface area contributed by atoms with Crippen molar-refractivity contribution in [1.29, 1.82) is 0 Å². The Hall–Kier alpha value is 0.0300. The van der Waals surface area contributed by atoms with Gasteiger partial charge in [-0.1, -0.05) is 13.0 Å². The van der Waals surface area contributed by atoms with Crippen molar-refractivity contribution in [1.82, 2.24) is 0 Å². The van der Waals surface area contributed by atoms with E-state index in [9.17, 15) is 0 Å². The van der Waals surface area contributed by atoms with E-state index in [-0.39, 0.29) is 0 Å². The van der Waals surface area contributed by atoms with Gasteiger partial charge in [0.2, 0.25) is 0 Å². The third-order valence-electron chi connectivity index (χ3n) is 0.837. The zero-order valence-corrected chi connectivity index (χ0v) is 5.33. The van der Waals surface area contributed by atoms with Crippen LogP contribution in [0.3, 0.4) is 0 Å². The molecule has 0 heterocycles. The van der Waals surface area contributed by atoms with E-state index >= 15 is 0 Å². The topological polar surface area (TPSA) is 0 Å². The molecule has 0 aliphatic rings. The molecule has 0 saturated carbocycles. The second kappa shape index (κ2) is 4.20. The average Bonchev–Trinajstić information content (AvgIpc) is 1.68. The number of halogens is 1. The van der Waals surface area contributed by atoms with Crippen LogP contribution in [0.15, 0.2) is 12.7 Å². The standard InChI is InChI=1S/C6H10Cl/c1-3-6(2)4-5-7/h3H,1,4-5H2,2H3. The molecule has 0 amide bonds. The van der Waals surface area contributed by atoms with Gasteiger partial charge < -0.3 is 0 Å². The maximum absolute atomic E-state index is 5.41. The van der Waals surface area contributed by atoms with Crippen LogP contribution in [-0.4, -0.2) is 5.88 Å². The largest absolute Gasteiger partial charge is 0.127 e. The molecule has 0 aromatic carbocycles. The third kappa shape index (κ3) is 3.87. The van der Waals surface area contributed by atoms with Crippen molar-refractivity contribution < 1.29 is 0 Å². The molecule has 41 valence electrons. The summed E-state index contributed by atoms with van der Waals surface area (Å²) in [5, 5.41) is 0. The molecule has 0 unspecified atom stereocenters. The minimum Gasteiger partial charge on any atom is -0.127 e. The molecule has 1 radical (unpaired) electrons. The number of hydrogen-bond acceptors (Lipinski definition) is 0. The zero-order valence-electron chi connectivity index (χ0n) is 4.58. The Morgan fingerprint density at radius 2 is 2.43 bits per heavy atom. The van der Waals surface area contributed by atoms with Crippen LogP contribution in [0.1, 0.15) is 13.3 Å². The van der Waals surface area contributed by atoms with E-state index in [1.54, 1.807) is 0 Å². The lowest BCUT2D eigenvalue weighted by atomic mass is 10.1. The molecular weight excluding hydrogens is 108 g/mol. The molecule has 0 saturated heterocycles. The Balaban J connectivity index is 2.98. The highest BCUT2D eigenvalue weighted by Gasteiger charge is 1.91. The van der Waals surface area contributed by atoms with Crippen molar-refractivity contribution in [2.75, 3.05) is 5.88 Å². The normalized spacial score (nSPS) is 9.57. The van der Waals surface area contributed by atoms with Crippen LogP contribution < -0.4 is 0 Å². The molecule has 1 heteroatoms. The van der Waals surface area contributed by atoms with Gasteiger partial charge in [-0.3, -0.25) is 0 Å². The molecule has 0 aromatic rings. The van der Waals surface area contributed by atoms with Gasteiger partial charge in [0.05, 0.1) is 0 Å². The van der Waals surface area contributed by atoms with Gasteiger partial charge in [0, 0.05) is 5.88 Å². The first kappa shape index (κ1) is 7.03. The number of alkyl halides is 1. The van der Waals surface area contributed by atoms with Crippen LogP contribution in [0.4, 0.5) is 0 Å². The van der Waals surface area contributed by atoms with Gasteiger partial charge in [0.1, 0.15) is 0 Å². The predicted octanol–water partition coefficient (Wildman–Crippen LogP) is 2.40. The van der Waals surface area contributed by atoms with Crippen LogP contribution in [0.25, 0.3) is 0 Å². The Bertz CT molecular complexity index is 50.1. The van der Waals surface area contributed by atoms with E-state index in [4.69, 9.17) is 11.6 Å². The maximum Gasteiger partial charge on any atom is 0.0231 e. The lowest BCUT2D eigenvalue weighted by Gasteiger charge is -1.96. The second-order valence-corrected chi connectivity index (χ2v) is 1.87. The van der Waals surface area contributed by atoms with Gasteiger partial charge in [-0.25, -0.2) is 0 Å². The van der Waals surface area contributed by atoms with Gasteiger partial charge in [-0.05, 0) is 12.3 Å². The summed E-state index contributed by atoms with van der Waals surface area (Å²) in [4.78, 5) is 0. The quantitative estimate of drug-likeness (QED) is 0.498. The van der Waals surface area contributed by atoms with Gasteiger partial charge in [-0.2, -0.15) is 0 Å². The van der Waals surface area contributed by atoms with Crippen LogP contribution in [-0.2, 0) is 0 Å². The molecule has 0 aromatic heterocycles. The van der Waals surface area contributed by atoms with Gasteiger partial charge >= 0.3 is 0 Å². The monoisotopic (exact) mass is 117 g/mol. The fraction of sp³-hybridized carbons (Fsp3) is 0.500. The summed E-state index contributed by atoms with van der Waals surface area (Å²) in [6.07, 6.45) is 2.80. The van der Waals surface area contributed by atoms with Crippen LogP contribution in [0.5, 0.6) is 0 Å². The predicted molar refractivity (Wildman–Crippen MR) is 34.5 cm³/mol. The lowest BCUT2D eigenvalue weighted by molar-refractivity contribution is 0.995. The zero-order chi connectivity index (χ0) is 5.70. The molecule has 0 spiro atoms. The summed E-state index contributed by atoms with van der Waals surface area (Å²) in [5.74, 6) is 1.97. The molecular formula is C6H10Cl. The molecule has 7 heavy (non-hydrogen) atoms. The highest BCUT2D eigenvalue weighted by Crippen LogP contribution is 2.04. The number of rotatable bonds is 3. The smallest absolute Gasteiger partial charge is 0.0231 e. The minimum absolute atomic E-state index is 0.706. The van der Waals surface area contributed by atoms with Crippen LogP contribution in [0, 0.1) is 5.92 Å². The van der Waals surface area contributed by atoms with E-state index in [1.165, 1.54) is 5.92 Å². The Morgan fingerprint density at radius 3 is 2.57 bits per heavy atom. The first-order valence-corrected chi connectivity index (χ1v) is 2.85. The Morgan fingerprint density at radius 1 is 1.86 bits per heavy atom. The van der Waals surface area contributed by atoms with Crippen LogP contribution in [0.2, 0.25) is 0 Å². The molecule has 0 N–H and O–H groups in total. The average molecular weight is 118 g/mol. The fourth-order valence-electron chi connectivity index (χ4n) is 0.251. The first-order chi connectivity index (χ1) is 3.31. The molecule has 0 bridgehead atoms. The maximum atomic E-state index is 5.41. The van der Waals surface area contributed by atoms with Crippen molar-refractivity contribution in [3.63, 3.8) is 0 Å². The Labute approximate surface area is 50.2 Å². The van der Waals surface area contributed by atoms with Gasteiger partial charge in [-0.15, -0.1) is 18.2 Å². The van der Waals surface area contributed by atoms with E-state index in [1.807, 2.05) is 13.0 Å². The SMILES string of the molecule is C=C[C](C)CCCl. The summed E-state index contributed by atoms with van der Waals surface area (Å²) < 4.78 is 0. The summed E-state index contributed by atoms with van der Waals surface area (Å²) in [6, 6.07) is 0. The molecule has 0 aliphatic heterocycles. The van der Waals surface area contributed by atoms with Gasteiger partial charge in [0.15, 0.2) is 0 Å². The third-order valence-corrected chi connectivity index (χ3v) is 1.03. The van der Waals surface area contributed by atoms with Crippen molar-refractivity contribution in [3.05, 3.63) is 18.6 Å². The highest BCUT2D eigenvalue weighted by atomic mass is 35.5. The lowest BCUT2D eigenvalue weighted by Crippen LogP contribution is -1.84. The fourth-order valence-corrected chi connectivity index (χ4v) is 0.549. The summed E-state index contributed by atoms with van der Waals surface area (Å²) in [5.41, 5.74) is 0. The van der Waals surface area contributed by atoms with Crippen molar-refractivity contribution in [2.24, 2.45) is 0 Å². The van der Waals surface area contributed by atoms with Crippen molar-refractivity contribution >= 4 is 11.6 Å². The van der Waals surface area contributed by atoms with E-state index in [2.05, 4.69) is 6.58 Å². The second-order valence-electron chi connectivity index (χ2n) is 1.49.